The maximum Gasteiger partial charge on any atom is 0.264 e. The molecular weight excluding hydrogens is 505 g/mol. The van der Waals surface area contributed by atoms with Crippen molar-refractivity contribution < 1.29 is 22.4 Å². The third-order valence-electron chi connectivity index (χ3n) is 6.20. The molecule has 38 heavy (non-hydrogen) atoms. The van der Waals surface area contributed by atoms with Crippen LogP contribution in [0.3, 0.4) is 0 Å². The molecule has 0 radical (unpaired) electrons. The third-order valence-corrected chi connectivity index (χ3v) is 7.98. The molecule has 0 heterocycles. The van der Waals surface area contributed by atoms with Gasteiger partial charge in [0, 0.05) is 13.1 Å². The van der Waals surface area contributed by atoms with E-state index in [2.05, 4.69) is 5.32 Å². The Bertz CT molecular complexity index is 1330. The van der Waals surface area contributed by atoms with Gasteiger partial charge in [-0.1, -0.05) is 73.5 Å². The summed E-state index contributed by atoms with van der Waals surface area (Å²) >= 11 is 0. The standard InChI is InChI=1S/C29H34FN3O4S/c1-4-5-19-31-29(35)23(3)32(20-24-17-15-22(2)16-18-24)28(34)21-33(27-14-10-9-13-26(27)30)38(36,37)25-11-7-6-8-12-25/h6-18,23H,4-5,19-21H2,1-3H3,(H,31,35)/t23-/m1/s1. The van der Waals surface area contributed by atoms with Crippen molar-refractivity contribution in [3.8, 4) is 0 Å². The first kappa shape index (κ1) is 28.8. The SMILES string of the molecule is CCCCNC(=O)[C@@H](C)N(Cc1ccc(C)cc1)C(=O)CN(c1ccccc1F)S(=O)(=O)c1ccccc1. The van der Waals surface area contributed by atoms with E-state index in [1.165, 1.54) is 35.2 Å². The highest BCUT2D eigenvalue weighted by atomic mass is 32.2. The van der Waals surface area contributed by atoms with E-state index in [9.17, 15) is 22.4 Å². The number of aryl methyl sites for hydroxylation is 1. The summed E-state index contributed by atoms with van der Waals surface area (Å²) in [5.74, 6) is -1.76. The number of benzene rings is 3. The van der Waals surface area contributed by atoms with Gasteiger partial charge in [-0.25, -0.2) is 12.8 Å². The number of anilines is 1. The molecular formula is C29H34FN3O4S. The summed E-state index contributed by atoms with van der Waals surface area (Å²) in [6.07, 6.45) is 1.69. The van der Waals surface area contributed by atoms with Crippen molar-refractivity contribution in [3.63, 3.8) is 0 Å². The molecule has 9 heteroatoms. The molecule has 1 N–H and O–H groups in total. The lowest BCUT2D eigenvalue weighted by atomic mass is 10.1. The molecule has 2 amide bonds. The fourth-order valence-corrected chi connectivity index (χ4v) is 5.34. The predicted molar refractivity (Wildman–Crippen MR) is 146 cm³/mol. The number of rotatable bonds is 12. The Hall–Kier alpha value is -3.72. The summed E-state index contributed by atoms with van der Waals surface area (Å²) < 4.78 is 42.9. The average Bonchev–Trinajstić information content (AvgIpc) is 2.92. The minimum atomic E-state index is -4.30. The lowest BCUT2D eigenvalue weighted by Gasteiger charge is -2.32. The summed E-state index contributed by atoms with van der Waals surface area (Å²) in [6.45, 7) is 5.42. The summed E-state index contributed by atoms with van der Waals surface area (Å²) in [4.78, 5) is 28.0. The zero-order valence-corrected chi connectivity index (χ0v) is 22.7. The van der Waals surface area contributed by atoms with Crippen molar-refractivity contribution in [3.05, 3.63) is 95.8 Å². The first-order valence-electron chi connectivity index (χ1n) is 12.6. The zero-order valence-electron chi connectivity index (χ0n) is 21.9. The van der Waals surface area contributed by atoms with Gasteiger partial charge in [0.25, 0.3) is 10.0 Å². The van der Waals surface area contributed by atoms with Gasteiger partial charge in [0.1, 0.15) is 18.4 Å². The number of hydrogen-bond acceptors (Lipinski definition) is 4. The normalized spacial score (nSPS) is 12.0. The molecule has 0 spiro atoms. The summed E-state index contributed by atoms with van der Waals surface area (Å²) in [7, 11) is -4.30. The van der Waals surface area contributed by atoms with Crippen molar-refractivity contribution in [1.29, 1.82) is 0 Å². The van der Waals surface area contributed by atoms with Crippen molar-refractivity contribution in [2.45, 2.75) is 51.1 Å². The van der Waals surface area contributed by atoms with E-state index in [-0.39, 0.29) is 23.0 Å². The van der Waals surface area contributed by atoms with Crippen LogP contribution in [0.2, 0.25) is 0 Å². The maximum atomic E-state index is 14.9. The molecule has 0 saturated carbocycles. The molecule has 0 aliphatic carbocycles. The molecule has 1 atom stereocenters. The van der Waals surface area contributed by atoms with Crippen LogP contribution >= 0.6 is 0 Å². The molecule has 0 bridgehead atoms. The van der Waals surface area contributed by atoms with E-state index < -0.39 is 34.3 Å². The number of hydrogen-bond donors (Lipinski definition) is 1. The van der Waals surface area contributed by atoms with Gasteiger partial charge in [-0.15, -0.1) is 0 Å². The number of halogens is 1. The van der Waals surface area contributed by atoms with Crippen LogP contribution < -0.4 is 9.62 Å². The largest absolute Gasteiger partial charge is 0.354 e. The van der Waals surface area contributed by atoms with Crippen molar-refractivity contribution in [1.82, 2.24) is 10.2 Å². The van der Waals surface area contributed by atoms with Gasteiger partial charge >= 0.3 is 0 Å². The topological polar surface area (TPSA) is 86.8 Å². The van der Waals surface area contributed by atoms with Crippen LogP contribution in [-0.4, -0.2) is 44.3 Å². The van der Waals surface area contributed by atoms with E-state index in [4.69, 9.17) is 0 Å². The van der Waals surface area contributed by atoms with Crippen LogP contribution in [0.5, 0.6) is 0 Å². The minimum Gasteiger partial charge on any atom is -0.354 e. The number of amides is 2. The number of unbranched alkanes of at least 4 members (excludes halogenated alkanes) is 1. The van der Waals surface area contributed by atoms with Crippen molar-refractivity contribution in [2.75, 3.05) is 17.4 Å². The Kier molecular flexibility index (Phi) is 10.0. The van der Waals surface area contributed by atoms with Crippen LogP contribution in [0.25, 0.3) is 0 Å². The number of carbonyl (C=O) groups excluding carboxylic acids is 2. The number of nitrogens with one attached hydrogen (secondary N) is 1. The van der Waals surface area contributed by atoms with Crippen LogP contribution in [0.4, 0.5) is 10.1 Å². The van der Waals surface area contributed by atoms with Gasteiger partial charge in [-0.05, 0) is 50.1 Å². The van der Waals surface area contributed by atoms with E-state index in [0.717, 1.165) is 34.3 Å². The van der Waals surface area contributed by atoms with Gasteiger partial charge in [-0.2, -0.15) is 0 Å². The van der Waals surface area contributed by atoms with Gasteiger partial charge in [0.05, 0.1) is 10.6 Å². The van der Waals surface area contributed by atoms with E-state index in [1.54, 1.807) is 25.1 Å². The predicted octanol–water partition coefficient (Wildman–Crippen LogP) is 4.66. The Morgan fingerprint density at radius 3 is 2.21 bits per heavy atom. The fourth-order valence-electron chi connectivity index (χ4n) is 3.90. The lowest BCUT2D eigenvalue weighted by molar-refractivity contribution is -0.139. The molecule has 0 unspecified atom stereocenters. The molecule has 3 aromatic carbocycles. The summed E-state index contributed by atoms with van der Waals surface area (Å²) in [6, 6.07) is 19.6. The van der Waals surface area contributed by atoms with E-state index in [1.807, 2.05) is 38.1 Å². The number of carbonyl (C=O) groups is 2. The smallest absolute Gasteiger partial charge is 0.264 e. The highest BCUT2D eigenvalue weighted by Gasteiger charge is 2.33. The molecule has 0 fully saturated rings. The number of para-hydroxylation sites is 1. The molecule has 3 aromatic rings. The Labute approximate surface area is 224 Å². The molecule has 0 aromatic heterocycles. The molecule has 7 nitrogen and oxygen atoms in total. The molecule has 3 rings (SSSR count). The Balaban J connectivity index is 1.99. The first-order valence-corrected chi connectivity index (χ1v) is 14.0. The Morgan fingerprint density at radius 2 is 1.58 bits per heavy atom. The third kappa shape index (κ3) is 7.19. The summed E-state index contributed by atoms with van der Waals surface area (Å²) in [5, 5.41) is 2.84. The summed E-state index contributed by atoms with van der Waals surface area (Å²) in [5.41, 5.74) is 1.57. The van der Waals surface area contributed by atoms with Gasteiger partial charge < -0.3 is 10.2 Å². The van der Waals surface area contributed by atoms with E-state index in [0.29, 0.717) is 6.54 Å². The van der Waals surface area contributed by atoms with Crippen LogP contribution in [-0.2, 0) is 26.2 Å². The highest BCUT2D eigenvalue weighted by Crippen LogP contribution is 2.26. The van der Waals surface area contributed by atoms with Gasteiger partial charge in [0.15, 0.2) is 0 Å². The second-order valence-electron chi connectivity index (χ2n) is 9.10. The van der Waals surface area contributed by atoms with Crippen molar-refractivity contribution in [2.24, 2.45) is 0 Å². The van der Waals surface area contributed by atoms with Crippen molar-refractivity contribution >= 4 is 27.5 Å². The van der Waals surface area contributed by atoms with Crippen LogP contribution in [0.1, 0.15) is 37.8 Å². The fraction of sp³-hybridized carbons (Fsp3) is 0.310. The molecule has 0 saturated heterocycles. The molecule has 0 aliphatic rings. The minimum absolute atomic E-state index is 0.0773. The van der Waals surface area contributed by atoms with E-state index >= 15 is 0 Å². The average molecular weight is 540 g/mol. The lowest BCUT2D eigenvalue weighted by Crippen LogP contribution is -2.51. The van der Waals surface area contributed by atoms with Gasteiger partial charge in [0.2, 0.25) is 11.8 Å². The van der Waals surface area contributed by atoms with Gasteiger partial charge in [-0.3, -0.25) is 13.9 Å². The number of nitrogens with zero attached hydrogens (tertiary/aromatic N) is 2. The maximum absolute atomic E-state index is 14.9. The number of sulfonamides is 1. The molecule has 202 valence electrons. The quantitative estimate of drug-likeness (QED) is 0.339. The molecule has 0 aliphatic heterocycles. The van der Waals surface area contributed by atoms with Crippen LogP contribution in [0, 0.1) is 12.7 Å². The second kappa shape index (κ2) is 13.2. The zero-order chi connectivity index (χ0) is 27.7. The monoisotopic (exact) mass is 539 g/mol. The first-order chi connectivity index (χ1) is 18.1. The second-order valence-corrected chi connectivity index (χ2v) is 11.0. The highest BCUT2D eigenvalue weighted by molar-refractivity contribution is 7.92. The van der Waals surface area contributed by atoms with Crippen LogP contribution in [0.15, 0.2) is 83.8 Å². The Morgan fingerprint density at radius 1 is 0.947 bits per heavy atom.